The number of carbonyl (C=O) groups excluding carboxylic acids is 2. The van der Waals surface area contributed by atoms with Crippen molar-refractivity contribution in [3.63, 3.8) is 0 Å². The van der Waals surface area contributed by atoms with Crippen LogP contribution in [0.3, 0.4) is 0 Å². The first-order valence-electron chi connectivity index (χ1n) is 5.07. The van der Waals surface area contributed by atoms with E-state index in [1.165, 1.54) is 0 Å². The van der Waals surface area contributed by atoms with Gasteiger partial charge in [0.2, 0.25) is 0 Å². The minimum absolute atomic E-state index is 0.0847. The molecule has 0 radical (unpaired) electrons. The predicted molar refractivity (Wildman–Crippen MR) is 51.8 cm³/mol. The van der Waals surface area contributed by atoms with Crippen LogP contribution in [0.1, 0.15) is 26.7 Å². The number of urea groups is 2. The summed E-state index contributed by atoms with van der Waals surface area (Å²) in [5.41, 5.74) is -1.21. The lowest BCUT2D eigenvalue weighted by Crippen LogP contribution is -2.62. The highest BCUT2D eigenvalue weighted by Crippen LogP contribution is 2.51. The molecular formula is C9H14N4O2. The third kappa shape index (κ3) is 0.891. The molecule has 2 heterocycles. The Morgan fingerprint density at radius 1 is 0.867 bits per heavy atom. The van der Waals surface area contributed by atoms with Gasteiger partial charge in [0.25, 0.3) is 0 Å². The van der Waals surface area contributed by atoms with Gasteiger partial charge in [0, 0.05) is 0 Å². The van der Waals surface area contributed by atoms with E-state index in [2.05, 4.69) is 35.1 Å². The molecule has 15 heavy (non-hydrogen) atoms. The van der Waals surface area contributed by atoms with Gasteiger partial charge in [-0.1, -0.05) is 13.8 Å². The maximum atomic E-state index is 11.4. The Kier molecular flexibility index (Phi) is 1.21. The Balaban J connectivity index is 2.08. The molecule has 3 aliphatic rings. The van der Waals surface area contributed by atoms with Crippen LogP contribution < -0.4 is 21.3 Å². The minimum Gasteiger partial charge on any atom is -0.311 e. The number of nitrogens with one attached hydrogen (secondary N) is 4. The lowest BCUT2D eigenvalue weighted by molar-refractivity contribution is 0.220. The fraction of sp³-hybridized carbons (Fsp3) is 0.778. The quantitative estimate of drug-likeness (QED) is 0.447. The maximum Gasteiger partial charge on any atom is 0.318 e. The van der Waals surface area contributed by atoms with Crippen molar-refractivity contribution >= 4 is 12.1 Å². The molecule has 1 saturated carbocycles. The smallest absolute Gasteiger partial charge is 0.311 e. The Morgan fingerprint density at radius 2 is 1.20 bits per heavy atom. The summed E-state index contributed by atoms with van der Waals surface area (Å²) < 4.78 is 0. The summed E-state index contributed by atoms with van der Waals surface area (Å²) in [7, 11) is 0. The third-order valence-corrected chi connectivity index (χ3v) is 3.52. The van der Waals surface area contributed by atoms with Crippen molar-refractivity contribution in [3.8, 4) is 0 Å². The molecular weight excluding hydrogens is 196 g/mol. The summed E-state index contributed by atoms with van der Waals surface area (Å²) in [4.78, 5) is 22.7. The van der Waals surface area contributed by atoms with E-state index in [0.29, 0.717) is 0 Å². The highest BCUT2D eigenvalue weighted by atomic mass is 16.2. The molecule has 0 aromatic rings. The summed E-state index contributed by atoms with van der Waals surface area (Å²) in [5.74, 6) is 0. The lowest BCUT2D eigenvalue weighted by Gasteiger charge is -2.29. The van der Waals surface area contributed by atoms with Crippen LogP contribution in [0.2, 0.25) is 0 Å². The van der Waals surface area contributed by atoms with E-state index in [1.807, 2.05) is 0 Å². The van der Waals surface area contributed by atoms with Crippen LogP contribution in [0.5, 0.6) is 0 Å². The molecule has 0 atom stereocenters. The second-order valence-corrected chi connectivity index (χ2v) is 5.49. The molecule has 6 nitrogen and oxygen atoms in total. The van der Waals surface area contributed by atoms with Crippen LogP contribution in [0.15, 0.2) is 0 Å². The summed E-state index contributed by atoms with van der Waals surface area (Å²) >= 11 is 0. The van der Waals surface area contributed by atoms with Crippen molar-refractivity contribution in [2.24, 2.45) is 5.41 Å². The van der Waals surface area contributed by atoms with Gasteiger partial charge < -0.3 is 21.3 Å². The van der Waals surface area contributed by atoms with Crippen LogP contribution in [0, 0.1) is 5.41 Å². The number of hydrogen-bond donors (Lipinski definition) is 4. The van der Waals surface area contributed by atoms with Crippen molar-refractivity contribution in [1.82, 2.24) is 21.3 Å². The number of carbonyl (C=O) groups is 2. The van der Waals surface area contributed by atoms with Gasteiger partial charge in [-0.15, -0.1) is 0 Å². The molecule has 3 rings (SSSR count). The summed E-state index contributed by atoms with van der Waals surface area (Å²) in [6.07, 6.45) is 1.47. The maximum absolute atomic E-state index is 11.4. The second kappa shape index (κ2) is 2.05. The number of hydrogen-bond acceptors (Lipinski definition) is 2. The second-order valence-electron chi connectivity index (χ2n) is 5.49. The average molecular weight is 210 g/mol. The van der Waals surface area contributed by atoms with E-state index >= 15 is 0 Å². The first-order chi connectivity index (χ1) is 6.87. The van der Waals surface area contributed by atoms with Gasteiger partial charge in [-0.3, -0.25) is 0 Å². The summed E-state index contributed by atoms with van der Waals surface area (Å²) in [6, 6.07) is -0.448. The standard InChI is InChI=1S/C9H14N4O2/c1-7(2)3-8-9(4-7,12-5(14)10-8)13-6(15)11-8/h3-4H2,1-2H3,(H2,10,12,14)(H2,11,13,15). The van der Waals surface area contributed by atoms with E-state index in [-0.39, 0.29) is 17.5 Å². The molecule has 0 unspecified atom stereocenters. The van der Waals surface area contributed by atoms with Gasteiger partial charge in [-0.2, -0.15) is 0 Å². The van der Waals surface area contributed by atoms with E-state index < -0.39 is 11.3 Å². The normalized spacial score (nSPS) is 44.9. The molecule has 0 aromatic heterocycles. The van der Waals surface area contributed by atoms with Crippen molar-refractivity contribution in [3.05, 3.63) is 0 Å². The first kappa shape index (κ1) is 8.82. The van der Waals surface area contributed by atoms with Crippen LogP contribution in [-0.2, 0) is 0 Å². The Labute approximate surface area is 87.2 Å². The average Bonchev–Trinajstić information content (AvgIpc) is 2.35. The van der Waals surface area contributed by atoms with Gasteiger partial charge >= 0.3 is 12.1 Å². The first-order valence-corrected chi connectivity index (χ1v) is 5.07. The molecule has 2 saturated heterocycles. The fourth-order valence-electron chi connectivity index (χ4n) is 3.30. The van der Waals surface area contributed by atoms with Gasteiger partial charge in [0.1, 0.15) is 0 Å². The van der Waals surface area contributed by atoms with E-state index in [4.69, 9.17) is 0 Å². The predicted octanol–water partition coefficient (Wildman–Crippen LogP) is -0.175. The summed E-state index contributed by atoms with van der Waals surface area (Å²) in [5, 5.41) is 11.3. The van der Waals surface area contributed by atoms with Crippen molar-refractivity contribution in [2.45, 2.75) is 38.0 Å². The summed E-state index contributed by atoms with van der Waals surface area (Å²) in [6.45, 7) is 4.25. The van der Waals surface area contributed by atoms with E-state index in [1.54, 1.807) is 0 Å². The SMILES string of the molecule is CC1(C)CC23NC(=O)NC2(C1)NC(=O)N3. The van der Waals surface area contributed by atoms with Gasteiger partial charge in [0.15, 0.2) is 11.3 Å². The van der Waals surface area contributed by atoms with Crippen molar-refractivity contribution in [2.75, 3.05) is 0 Å². The highest BCUT2D eigenvalue weighted by Gasteiger charge is 2.71. The largest absolute Gasteiger partial charge is 0.318 e. The third-order valence-electron chi connectivity index (χ3n) is 3.52. The van der Waals surface area contributed by atoms with Crippen LogP contribution >= 0.6 is 0 Å². The van der Waals surface area contributed by atoms with Crippen molar-refractivity contribution < 1.29 is 9.59 Å². The zero-order valence-corrected chi connectivity index (χ0v) is 8.73. The topological polar surface area (TPSA) is 82.3 Å². The number of amides is 4. The Morgan fingerprint density at radius 3 is 1.53 bits per heavy atom. The number of rotatable bonds is 0. The van der Waals surface area contributed by atoms with E-state index in [0.717, 1.165) is 12.8 Å². The molecule has 0 aromatic carbocycles. The lowest BCUT2D eigenvalue weighted by atomic mass is 9.90. The fourth-order valence-corrected chi connectivity index (χ4v) is 3.30. The van der Waals surface area contributed by atoms with Gasteiger partial charge in [-0.25, -0.2) is 9.59 Å². The minimum atomic E-state index is -0.648. The zero-order chi connectivity index (χ0) is 10.9. The molecule has 0 spiro atoms. The van der Waals surface area contributed by atoms with Crippen molar-refractivity contribution in [1.29, 1.82) is 0 Å². The molecule has 4 N–H and O–H groups in total. The molecule has 6 heteroatoms. The molecule has 4 amide bonds. The Bertz CT molecular complexity index is 326. The van der Waals surface area contributed by atoms with E-state index in [9.17, 15) is 9.59 Å². The van der Waals surface area contributed by atoms with Gasteiger partial charge in [0.05, 0.1) is 0 Å². The Hall–Kier alpha value is -1.46. The van der Waals surface area contributed by atoms with Crippen LogP contribution in [-0.4, -0.2) is 23.4 Å². The zero-order valence-electron chi connectivity index (χ0n) is 8.73. The molecule has 3 fully saturated rings. The molecule has 2 aliphatic heterocycles. The monoisotopic (exact) mass is 210 g/mol. The molecule has 0 bridgehead atoms. The van der Waals surface area contributed by atoms with Crippen LogP contribution in [0.4, 0.5) is 9.59 Å². The van der Waals surface area contributed by atoms with Gasteiger partial charge in [-0.05, 0) is 18.3 Å². The highest BCUT2D eigenvalue weighted by molar-refractivity contribution is 5.88. The molecule has 82 valence electrons. The van der Waals surface area contributed by atoms with Crippen LogP contribution in [0.25, 0.3) is 0 Å². The molecule has 1 aliphatic carbocycles.